The molecule has 2 amide bonds. The molecule has 1 aromatic carbocycles. The summed E-state index contributed by atoms with van der Waals surface area (Å²) in [5, 5.41) is 2.39. The van der Waals surface area contributed by atoms with Gasteiger partial charge in [-0.25, -0.2) is 4.39 Å². The highest BCUT2D eigenvalue weighted by atomic mass is 19.1. The Balaban J connectivity index is 2.01. The van der Waals surface area contributed by atoms with Gasteiger partial charge in [-0.2, -0.15) is 0 Å². The Morgan fingerprint density at radius 3 is 2.83 bits per heavy atom. The van der Waals surface area contributed by atoms with E-state index in [4.69, 9.17) is 0 Å². The second-order valence-electron chi connectivity index (χ2n) is 4.05. The third kappa shape index (κ3) is 2.56. The Labute approximate surface area is 104 Å². The van der Waals surface area contributed by atoms with Gasteiger partial charge >= 0.3 is 0 Å². The highest BCUT2D eigenvalue weighted by molar-refractivity contribution is 5.99. The van der Waals surface area contributed by atoms with E-state index in [1.807, 2.05) is 6.07 Å². The predicted octanol–water partition coefficient (Wildman–Crippen LogP) is 1.52. The number of carbonyl (C=O) groups is 2. The van der Waals surface area contributed by atoms with Crippen LogP contribution in [0.2, 0.25) is 0 Å². The quantitative estimate of drug-likeness (QED) is 0.648. The smallest absolute Gasteiger partial charge is 0.279 e. The number of carbonyl (C=O) groups excluding carboxylic acids is 2. The van der Waals surface area contributed by atoms with Gasteiger partial charge in [0.05, 0.1) is 0 Å². The summed E-state index contributed by atoms with van der Waals surface area (Å²) in [7, 11) is 0. The zero-order chi connectivity index (χ0) is 13.1. The molecule has 0 spiro atoms. The fourth-order valence-corrected chi connectivity index (χ4v) is 1.70. The molecule has 1 N–H and O–H groups in total. The van der Waals surface area contributed by atoms with E-state index in [1.165, 1.54) is 0 Å². The summed E-state index contributed by atoms with van der Waals surface area (Å²) >= 11 is 0. The average Bonchev–Trinajstić information content (AvgIpc) is 2.34. The average molecular weight is 248 g/mol. The maximum Gasteiger partial charge on any atom is 0.279 e. The molecule has 0 aliphatic carbocycles. The van der Waals surface area contributed by atoms with Crippen molar-refractivity contribution in [2.45, 2.75) is 13.0 Å². The molecule has 0 atom stereocenters. The number of benzene rings is 1. The molecule has 0 unspecified atom stereocenters. The molecule has 0 saturated carbocycles. The number of halogens is 1. The largest absolute Gasteiger partial charge is 0.346 e. The van der Waals surface area contributed by atoms with Crippen LogP contribution in [0.4, 0.5) is 10.1 Å². The first-order valence-electron chi connectivity index (χ1n) is 5.60. The number of rotatable bonds is 4. The van der Waals surface area contributed by atoms with Gasteiger partial charge in [-0.3, -0.25) is 9.59 Å². The molecule has 0 aromatic heterocycles. The van der Waals surface area contributed by atoms with Crippen LogP contribution >= 0.6 is 0 Å². The lowest BCUT2D eigenvalue weighted by Crippen LogP contribution is -2.43. The minimum Gasteiger partial charge on any atom is -0.346 e. The normalized spacial score (nSPS) is 14.1. The SMILES string of the molecule is C=C(F)C(=O)NCc1cccc(N2CCC2=O)c1. The fourth-order valence-electron chi connectivity index (χ4n) is 1.70. The van der Waals surface area contributed by atoms with Crippen molar-refractivity contribution in [2.24, 2.45) is 0 Å². The zero-order valence-electron chi connectivity index (χ0n) is 9.78. The zero-order valence-corrected chi connectivity index (χ0v) is 9.78. The first-order valence-corrected chi connectivity index (χ1v) is 5.60. The molecule has 1 aliphatic rings. The number of anilines is 1. The number of β-lactam (4-membered cyclic amide) rings is 1. The van der Waals surface area contributed by atoms with Gasteiger partial charge in [-0.1, -0.05) is 18.7 Å². The molecule has 4 nitrogen and oxygen atoms in total. The molecule has 5 heteroatoms. The van der Waals surface area contributed by atoms with E-state index in [9.17, 15) is 14.0 Å². The van der Waals surface area contributed by atoms with E-state index in [2.05, 4.69) is 11.9 Å². The lowest BCUT2D eigenvalue weighted by atomic mass is 10.1. The van der Waals surface area contributed by atoms with Gasteiger partial charge in [0.1, 0.15) is 0 Å². The summed E-state index contributed by atoms with van der Waals surface area (Å²) in [5.41, 5.74) is 1.61. The summed E-state index contributed by atoms with van der Waals surface area (Å²) < 4.78 is 12.5. The number of hydrogen-bond donors (Lipinski definition) is 1. The van der Waals surface area contributed by atoms with Crippen molar-refractivity contribution in [2.75, 3.05) is 11.4 Å². The van der Waals surface area contributed by atoms with Crippen LogP contribution in [0.5, 0.6) is 0 Å². The predicted molar refractivity (Wildman–Crippen MR) is 65.5 cm³/mol. The van der Waals surface area contributed by atoms with Gasteiger partial charge in [0, 0.05) is 25.2 Å². The summed E-state index contributed by atoms with van der Waals surface area (Å²) in [4.78, 5) is 24.0. The van der Waals surface area contributed by atoms with Crippen molar-refractivity contribution in [3.8, 4) is 0 Å². The van der Waals surface area contributed by atoms with Gasteiger partial charge in [0.25, 0.3) is 5.91 Å². The second-order valence-corrected chi connectivity index (χ2v) is 4.05. The first-order chi connectivity index (χ1) is 8.58. The van der Waals surface area contributed by atoms with Crippen molar-refractivity contribution in [1.29, 1.82) is 0 Å². The Hall–Kier alpha value is -2.17. The molecular formula is C13H13FN2O2. The Kier molecular flexibility index (Phi) is 3.41. The third-order valence-electron chi connectivity index (χ3n) is 2.77. The van der Waals surface area contributed by atoms with Gasteiger partial charge in [-0.15, -0.1) is 0 Å². The van der Waals surface area contributed by atoms with E-state index in [0.717, 1.165) is 17.8 Å². The molecule has 1 aromatic rings. The van der Waals surface area contributed by atoms with Crippen molar-refractivity contribution in [3.63, 3.8) is 0 Å². The van der Waals surface area contributed by atoms with Crippen LogP contribution in [0.25, 0.3) is 0 Å². The van der Waals surface area contributed by atoms with Crippen molar-refractivity contribution >= 4 is 17.5 Å². The maximum absolute atomic E-state index is 12.5. The molecule has 1 aliphatic heterocycles. The molecular weight excluding hydrogens is 235 g/mol. The van der Waals surface area contributed by atoms with E-state index in [1.54, 1.807) is 23.1 Å². The van der Waals surface area contributed by atoms with Crippen molar-refractivity contribution in [3.05, 3.63) is 42.2 Å². The maximum atomic E-state index is 12.5. The van der Waals surface area contributed by atoms with Crippen LogP contribution < -0.4 is 10.2 Å². The summed E-state index contributed by atoms with van der Waals surface area (Å²) in [5.74, 6) is -1.74. The highest BCUT2D eigenvalue weighted by Gasteiger charge is 2.24. The molecule has 1 saturated heterocycles. The van der Waals surface area contributed by atoms with E-state index in [0.29, 0.717) is 6.42 Å². The number of amides is 2. The Morgan fingerprint density at radius 1 is 1.50 bits per heavy atom. The minimum atomic E-state index is -1.01. The molecule has 94 valence electrons. The first kappa shape index (κ1) is 12.3. The van der Waals surface area contributed by atoms with Gasteiger partial charge in [-0.05, 0) is 17.7 Å². The van der Waals surface area contributed by atoms with Crippen LogP contribution in [0.15, 0.2) is 36.7 Å². The number of nitrogens with one attached hydrogen (secondary N) is 1. The summed E-state index contributed by atoms with van der Waals surface area (Å²) in [6.07, 6.45) is 0.572. The van der Waals surface area contributed by atoms with Crippen molar-refractivity contribution in [1.82, 2.24) is 5.32 Å². The van der Waals surface area contributed by atoms with E-state index < -0.39 is 11.7 Å². The molecule has 0 radical (unpaired) electrons. The fraction of sp³-hybridized carbons (Fsp3) is 0.231. The van der Waals surface area contributed by atoms with Gasteiger partial charge in [0.2, 0.25) is 5.91 Å². The van der Waals surface area contributed by atoms with Crippen LogP contribution in [-0.4, -0.2) is 18.4 Å². The number of hydrogen-bond acceptors (Lipinski definition) is 2. The van der Waals surface area contributed by atoms with E-state index in [-0.39, 0.29) is 12.5 Å². The second kappa shape index (κ2) is 5.00. The highest BCUT2D eigenvalue weighted by Crippen LogP contribution is 2.22. The van der Waals surface area contributed by atoms with Crippen molar-refractivity contribution < 1.29 is 14.0 Å². The van der Waals surface area contributed by atoms with Crippen LogP contribution in [-0.2, 0) is 16.1 Å². The number of nitrogens with zero attached hydrogens (tertiary/aromatic N) is 1. The van der Waals surface area contributed by atoms with Crippen LogP contribution in [0.3, 0.4) is 0 Å². The lowest BCUT2D eigenvalue weighted by Gasteiger charge is -2.30. The minimum absolute atomic E-state index is 0.0910. The molecule has 0 bridgehead atoms. The van der Waals surface area contributed by atoms with E-state index >= 15 is 0 Å². The van der Waals surface area contributed by atoms with Gasteiger partial charge < -0.3 is 10.2 Å². The van der Waals surface area contributed by atoms with Crippen LogP contribution in [0.1, 0.15) is 12.0 Å². The monoisotopic (exact) mass is 248 g/mol. The summed E-state index contributed by atoms with van der Waals surface area (Å²) in [6.45, 7) is 3.84. The Morgan fingerprint density at radius 2 is 2.28 bits per heavy atom. The lowest BCUT2D eigenvalue weighted by molar-refractivity contribution is -0.122. The van der Waals surface area contributed by atoms with Gasteiger partial charge in [0.15, 0.2) is 5.83 Å². The third-order valence-corrected chi connectivity index (χ3v) is 2.77. The molecule has 1 heterocycles. The molecule has 1 fully saturated rings. The molecule has 2 rings (SSSR count). The topological polar surface area (TPSA) is 49.4 Å². The molecule has 18 heavy (non-hydrogen) atoms. The van der Waals surface area contributed by atoms with Crippen LogP contribution in [0, 0.1) is 0 Å². The standard InChI is InChI=1S/C13H13FN2O2/c1-9(14)13(18)15-8-10-3-2-4-11(7-10)16-6-5-12(16)17/h2-4,7H,1,5-6,8H2,(H,15,18). The summed E-state index contributed by atoms with van der Waals surface area (Å²) in [6, 6.07) is 7.23. The Bertz CT molecular complexity index is 513.